The maximum absolute atomic E-state index is 12.8. The monoisotopic (exact) mass is 561 g/mol. The summed E-state index contributed by atoms with van der Waals surface area (Å²) in [5.41, 5.74) is 0.450. The van der Waals surface area contributed by atoms with Gasteiger partial charge in [-0.15, -0.1) is 0 Å². The van der Waals surface area contributed by atoms with E-state index < -0.39 is 0 Å². The summed E-state index contributed by atoms with van der Waals surface area (Å²) in [7, 11) is 0. The Labute approximate surface area is 243 Å². The zero-order valence-corrected chi connectivity index (χ0v) is 26.1. The summed E-state index contributed by atoms with van der Waals surface area (Å²) < 4.78 is 5.79. The van der Waals surface area contributed by atoms with Crippen molar-refractivity contribution in [1.82, 2.24) is 4.90 Å². The quantitative estimate of drug-likeness (QED) is 0.341. The molecule has 5 aliphatic rings. The minimum atomic E-state index is -0.250. The second-order valence-corrected chi connectivity index (χ2v) is 15.5. The van der Waals surface area contributed by atoms with Gasteiger partial charge >= 0.3 is 6.09 Å². The van der Waals surface area contributed by atoms with E-state index in [1.807, 2.05) is 4.90 Å². The Bertz CT molecular complexity index is 882. The molecule has 1 heterocycles. The molecule has 1 saturated heterocycles. The highest BCUT2D eigenvalue weighted by atomic mass is 16.6. The smallest absolute Gasteiger partial charge is 0.409 e. The predicted octanol–water partition coefficient (Wildman–Crippen LogP) is 6.26. The first-order valence-electron chi connectivity index (χ1n) is 16.9. The molecule has 5 rings (SSSR count). The maximum atomic E-state index is 12.8. The van der Waals surface area contributed by atoms with Crippen molar-refractivity contribution in [3.63, 3.8) is 0 Å². The van der Waals surface area contributed by atoms with Crippen molar-refractivity contribution >= 4 is 6.09 Å². The first kappa shape index (κ1) is 30.6. The molecule has 4 saturated carbocycles. The summed E-state index contributed by atoms with van der Waals surface area (Å²) in [4.78, 5) is 14.6. The highest BCUT2D eigenvalue weighted by molar-refractivity contribution is 5.67. The molecule has 0 aromatic rings. The molecule has 6 heteroatoms. The van der Waals surface area contributed by atoms with Crippen LogP contribution in [0.1, 0.15) is 112 Å². The molecule has 11 atom stereocenters. The molecule has 4 aliphatic carbocycles. The Morgan fingerprint density at radius 2 is 1.62 bits per heavy atom. The van der Waals surface area contributed by atoms with Crippen LogP contribution in [0.4, 0.5) is 4.79 Å². The average Bonchev–Trinajstić information content (AvgIpc) is 3.31. The molecule has 6 nitrogen and oxygen atoms in total. The van der Waals surface area contributed by atoms with E-state index in [9.17, 15) is 20.1 Å². The van der Waals surface area contributed by atoms with Crippen LogP contribution in [-0.4, -0.2) is 64.8 Å². The topological polar surface area (TPSA) is 90.2 Å². The number of amides is 1. The SMILES string of the molecule is CC[C@@H]1C2C[C@H](O)CC[C@]2(C)C2CCC3(C)C(CC[C@@H]3[C@H](C)CCOC(=O)N3CCC(CC)(CO)CC3)C2[C@@H]1O. The minimum Gasteiger partial charge on any atom is -0.449 e. The Morgan fingerprint density at radius 3 is 2.27 bits per heavy atom. The van der Waals surface area contributed by atoms with Gasteiger partial charge < -0.3 is 25.0 Å². The third-order valence-electron chi connectivity index (χ3n) is 14.1. The van der Waals surface area contributed by atoms with Gasteiger partial charge in [-0.3, -0.25) is 0 Å². The van der Waals surface area contributed by atoms with Gasteiger partial charge in [0.05, 0.1) is 18.8 Å². The van der Waals surface area contributed by atoms with E-state index in [1.54, 1.807) is 0 Å². The van der Waals surface area contributed by atoms with Gasteiger partial charge in [0.2, 0.25) is 0 Å². The molecular formula is C34H59NO5. The van der Waals surface area contributed by atoms with E-state index in [2.05, 4.69) is 34.6 Å². The van der Waals surface area contributed by atoms with E-state index in [1.165, 1.54) is 25.7 Å². The first-order chi connectivity index (χ1) is 19.0. The molecule has 5 fully saturated rings. The lowest BCUT2D eigenvalue weighted by atomic mass is 9.41. The summed E-state index contributed by atoms with van der Waals surface area (Å²) in [6.45, 7) is 13.8. The van der Waals surface area contributed by atoms with Crippen LogP contribution < -0.4 is 0 Å². The molecule has 0 bridgehead atoms. The number of aliphatic hydroxyl groups excluding tert-OH is 3. The van der Waals surface area contributed by atoms with E-state index in [0.717, 1.165) is 51.4 Å². The van der Waals surface area contributed by atoms with Gasteiger partial charge in [-0.2, -0.15) is 0 Å². The molecule has 0 spiro atoms. The predicted molar refractivity (Wildman–Crippen MR) is 158 cm³/mol. The maximum Gasteiger partial charge on any atom is 0.409 e. The van der Waals surface area contributed by atoms with Gasteiger partial charge in [0.1, 0.15) is 0 Å². The van der Waals surface area contributed by atoms with Crippen molar-refractivity contribution < 1.29 is 24.9 Å². The number of aliphatic hydroxyl groups is 3. The molecule has 230 valence electrons. The van der Waals surface area contributed by atoms with Gasteiger partial charge in [-0.25, -0.2) is 4.79 Å². The normalized spacial score (nSPS) is 45.2. The molecule has 1 amide bonds. The Morgan fingerprint density at radius 1 is 0.950 bits per heavy atom. The van der Waals surface area contributed by atoms with Gasteiger partial charge in [-0.05, 0) is 128 Å². The molecule has 5 unspecified atom stereocenters. The lowest BCUT2D eigenvalue weighted by molar-refractivity contribution is -0.203. The van der Waals surface area contributed by atoms with Gasteiger partial charge in [0.25, 0.3) is 0 Å². The van der Waals surface area contributed by atoms with Gasteiger partial charge in [0.15, 0.2) is 0 Å². The van der Waals surface area contributed by atoms with Crippen molar-refractivity contribution in [2.24, 2.45) is 57.7 Å². The van der Waals surface area contributed by atoms with Gasteiger partial charge in [0, 0.05) is 19.7 Å². The summed E-state index contributed by atoms with van der Waals surface area (Å²) in [6.07, 6.45) is 11.7. The van der Waals surface area contributed by atoms with Crippen LogP contribution >= 0.6 is 0 Å². The number of carbonyl (C=O) groups excluding carboxylic acids is 1. The lowest BCUT2D eigenvalue weighted by Crippen LogP contribution is -2.62. The van der Waals surface area contributed by atoms with Crippen LogP contribution in [0.25, 0.3) is 0 Å². The highest BCUT2D eigenvalue weighted by Gasteiger charge is 2.64. The number of nitrogens with zero attached hydrogens (tertiary/aromatic N) is 1. The first-order valence-corrected chi connectivity index (χ1v) is 16.9. The fourth-order valence-corrected chi connectivity index (χ4v) is 11.3. The zero-order valence-electron chi connectivity index (χ0n) is 26.1. The van der Waals surface area contributed by atoms with Crippen LogP contribution in [0, 0.1) is 57.7 Å². The Balaban J connectivity index is 1.20. The fraction of sp³-hybridized carbons (Fsp3) is 0.971. The number of piperidine rings is 1. The summed E-state index contributed by atoms with van der Waals surface area (Å²) >= 11 is 0. The number of hydrogen-bond donors (Lipinski definition) is 3. The van der Waals surface area contributed by atoms with E-state index >= 15 is 0 Å². The average molecular weight is 562 g/mol. The third kappa shape index (κ3) is 5.04. The summed E-state index contributed by atoms with van der Waals surface area (Å²) in [5, 5.41) is 32.3. The number of hydrogen-bond acceptors (Lipinski definition) is 5. The van der Waals surface area contributed by atoms with Crippen LogP contribution in [0.2, 0.25) is 0 Å². The second-order valence-electron chi connectivity index (χ2n) is 15.5. The Kier molecular flexibility index (Phi) is 8.93. The Hall–Kier alpha value is -0.850. The number of carbonyl (C=O) groups is 1. The molecule has 1 aliphatic heterocycles. The van der Waals surface area contributed by atoms with E-state index in [-0.39, 0.29) is 41.2 Å². The molecular weight excluding hydrogens is 502 g/mol. The highest BCUT2D eigenvalue weighted by Crippen LogP contribution is 2.69. The fourth-order valence-electron chi connectivity index (χ4n) is 11.3. The van der Waals surface area contributed by atoms with Crippen molar-refractivity contribution in [1.29, 1.82) is 0 Å². The summed E-state index contributed by atoms with van der Waals surface area (Å²) in [5.74, 6) is 3.34. The minimum absolute atomic E-state index is 0.0294. The van der Waals surface area contributed by atoms with E-state index in [4.69, 9.17) is 4.74 Å². The number of rotatable bonds is 7. The zero-order chi connectivity index (χ0) is 28.9. The lowest BCUT2D eigenvalue weighted by Gasteiger charge is -2.64. The van der Waals surface area contributed by atoms with Crippen molar-refractivity contribution in [3.8, 4) is 0 Å². The molecule has 0 aromatic carbocycles. The van der Waals surface area contributed by atoms with Crippen LogP contribution in [-0.2, 0) is 4.74 Å². The van der Waals surface area contributed by atoms with Crippen LogP contribution in [0.5, 0.6) is 0 Å². The van der Waals surface area contributed by atoms with Crippen molar-refractivity contribution in [3.05, 3.63) is 0 Å². The third-order valence-corrected chi connectivity index (χ3v) is 14.1. The van der Waals surface area contributed by atoms with Gasteiger partial charge in [-0.1, -0.05) is 41.0 Å². The molecule has 3 N–H and O–H groups in total. The molecule has 0 aromatic heterocycles. The number of fused-ring (bicyclic) bond motifs is 5. The number of likely N-dealkylation sites (tertiary alicyclic amines) is 1. The largest absolute Gasteiger partial charge is 0.449 e. The van der Waals surface area contributed by atoms with Crippen LogP contribution in [0.15, 0.2) is 0 Å². The standard InChI is InChI=1S/C34H59NO5/c1-6-24-28-20-23(37)10-13-33(28,5)27-11-14-32(4)25(8-9-26(32)29(27)30(24)38)22(3)12-19-40-31(39)35-17-15-34(7-2,21-36)16-18-35/h22-30,36-38H,6-21H2,1-5H3/t22-,23-,24-,25-,26?,27?,28?,29?,30-,32?,33-/m1/s1. The molecule has 40 heavy (non-hydrogen) atoms. The summed E-state index contributed by atoms with van der Waals surface area (Å²) in [6, 6.07) is 0. The molecule has 0 radical (unpaired) electrons. The van der Waals surface area contributed by atoms with Crippen molar-refractivity contribution in [2.75, 3.05) is 26.3 Å². The number of ether oxygens (including phenoxy) is 1. The van der Waals surface area contributed by atoms with Crippen molar-refractivity contribution in [2.45, 2.75) is 124 Å². The van der Waals surface area contributed by atoms with Crippen LogP contribution in [0.3, 0.4) is 0 Å². The second kappa shape index (κ2) is 11.7. The van der Waals surface area contributed by atoms with E-state index in [0.29, 0.717) is 61.1 Å².